The van der Waals surface area contributed by atoms with E-state index in [1.165, 1.54) is 0 Å². The van der Waals surface area contributed by atoms with Gasteiger partial charge in [-0.25, -0.2) is 4.98 Å². The molecule has 1 aliphatic heterocycles. The Bertz CT molecular complexity index is 595. The minimum Gasteiger partial charge on any atom is -0.473 e. The van der Waals surface area contributed by atoms with Crippen molar-refractivity contribution in [2.75, 3.05) is 11.5 Å². The van der Waals surface area contributed by atoms with Gasteiger partial charge < -0.3 is 14.5 Å². The molecule has 5 nitrogen and oxygen atoms in total. The SMILES string of the molecule is O=C(NCc1ccco1)c1cccnc1OC1CCSC1. The first-order valence-corrected chi connectivity index (χ1v) is 7.98. The highest BCUT2D eigenvalue weighted by Crippen LogP contribution is 2.24. The fourth-order valence-electron chi connectivity index (χ4n) is 2.10. The highest BCUT2D eigenvalue weighted by molar-refractivity contribution is 7.99. The Kier molecular flexibility index (Phi) is 4.45. The monoisotopic (exact) mass is 304 g/mol. The summed E-state index contributed by atoms with van der Waals surface area (Å²) < 4.78 is 11.0. The van der Waals surface area contributed by atoms with Crippen LogP contribution in [0.5, 0.6) is 5.88 Å². The Morgan fingerprint density at radius 2 is 2.43 bits per heavy atom. The molecular weight excluding hydrogens is 288 g/mol. The fraction of sp³-hybridized carbons (Fsp3) is 0.333. The first-order chi connectivity index (χ1) is 10.3. The molecule has 1 atom stereocenters. The van der Waals surface area contributed by atoms with Crippen LogP contribution in [-0.4, -0.2) is 28.5 Å². The molecule has 110 valence electrons. The minimum atomic E-state index is -0.208. The van der Waals surface area contributed by atoms with Crippen LogP contribution in [0.4, 0.5) is 0 Å². The highest BCUT2D eigenvalue weighted by Gasteiger charge is 2.21. The number of furan rings is 1. The lowest BCUT2D eigenvalue weighted by Crippen LogP contribution is -2.25. The number of ether oxygens (including phenoxy) is 1. The van der Waals surface area contributed by atoms with Crippen molar-refractivity contribution < 1.29 is 13.9 Å². The molecule has 1 fully saturated rings. The van der Waals surface area contributed by atoms with E-state index >= 15 is 0 Å². The second kappa shape index (κ2) is 6.67. The van der Waals surface area contributed by atoms with Gasteiger partial charge in [0.25, 0.3) is 5.91 Å². The summed E-state index contributed by atoms with van der Waals surface area (Å²) in [6.45, 7) is 0.347. The Hall–Kier alpha value is -1.95. The second-order valence-electron chi connectivity index (χ2n) is 4.72. The molecule has 0 saturated carbocycles. The van der Waals surface area contributed by atoms with Gasteiger partial charge in [-0.3, -0.25) is 4.79 Å². The summed E-state index contributed by atoms with van der Waals surface area (Å²) >= 11 is 1.86. The lowest BCUT2D eigenvalue weighted by molar-refractivity contribution is 0.0940. The van der Waals surface area contributed by atoms with Crippen molar-refractivity contribution in [1.82, 2.24) is 10.3 Å². The second-order valence-corrected chi connectivity index (χ2v) is 5.87. The normalized spacial score (nSPS) is 17.6. The lowest BCUT2D eigenvalue weighted by atomic mass is 10.2. The molecule has 0 aliphatic carbocycles. The predicted octanol–water partition coefficient (Wildman–Crippen LogP) is 2.49. The molecule has 21 heavy (non-hydrogen) atoms. The molecule has 3 heterocycles. The molecule has 2 aromatic rings. The number of nitrogens with one attached hydrogen (secondary N) is 1. The molecule has 1 N–H and O–H groups in total. The first kappa shape index (κ1) is 14.0. The highest BCUT2D eigenvalue weighted by atomic mass is 32.2. The molecule has 0 spiro atoms. The molecule has 6 heteroatoms. The summed E-state index contributed by atoms with van der Waals surface area (Å²) in [5.74, 6) is 2.95. The zero-order chi connectivity index (χ0) is 14.5. The van der Waals surface area contributed by atoms with Gasteiger partial charge >= 0.3 is 0 Å². The van der Waals surface area contributed by atoms with Gasteiger partial charge in [0, 0.05) is 11.9 Å². The average molecular weight is 304 g/mol. The van der Waals surface area contributed by atoms with Crippen LogP contribution in [0.15, 0.2) is 41.1 Å². The third-order valence-corrected chi connectivity index (χ3v) is 4.32. The number of carbonyl (C=O) groups is 1. The van der Waals surface area contributed by atoms with Gasteiger partial charge in [0.1, 0.15) is 17.4 Å². The van der Waals surface area contributed by atoms with Crippen molar-refractivity contribution in [3.05, 3.63) is 48.0 Å². The summed E-state index contributed by atoms with van der Waals surface area (Å²) in [6, 6.07) is 7.06. The van der Waals surface area contributed by atoms with Gasteiger partial charge in [-0.2, -0.15) is 11.8 Å². The molecule has 3 rings (SSSR count). The maximum atomic E-state index is 12.3. The Balaban J connectivity index is 1.67. The zero-order valence-corrected chi connectivity index (χ0v) is 12.3. The molecule has 0 radical (unpaired) electrons. The third kappa shape index (κ3) is 3.58. The Labute approximate surface area is 127 Å². The third-order valence-electron chi connectivity index (χ3n) is 3.19. The molecule has 0 bridgehead atoms. The van der Waals surface area contributed by atoms with Gasteiger partial charge in [0.05, 0.1) is 12.8 Å². The van der Waals surface area contributed by atoms with Gasteiger partial charge in [-0.05, 0) is 36.4 Å². The zero-order valence-electron chi connectivity index (χ0n) is 11.5. The van der Waals surface area contributed by atoms with Crippen LogP contribution in [-0.2, 0) is 6.54 Å². The number of hydrogen-bond donors (Lipinski definition) is 1. The number of carbonyl (C=O) groups excluding carboxylic acids is 1. The molecule has 1 amide bonds. The predicted molar refractivity (Wildman–Crippen MR) is 80.5 cm³/mol. The number of hydrogen-bond acceptors (Lipinski definition) is 5. The number of pyridine rings is 1. The Morgan fingerprint density at radius 3 is 3.19 bits per heavy atom. The molecule has 0 aromatic carbocycles. The van der Waals surface area contributed by atoms with E-state index < -0.39 is 0 Å². The molecule has 1 aliphatic rings. The number of thioether (sulfide) groups is 1. The number of nitrogens with zero attached hydrogens (tertiary/aromatic N) is 1. The molecule has 1 saturated heterocycles. The van der Waals surface area contributed by atoms with Crippen molar-refractivity contribution in [2.24, 2.45) is 0 Å². The van der Waals surface area contributed by atoms with E-state index in [4.69, 9.17) is 9.15 Å². The van der Waals surface area contributed by atoms with E-state index in [0.717, 1.165) is 17.9 Å². The van der Waals surface area contributed by atoms with Crippen LogP contribution in [0.1, 0.15) is 22.5 Å². The number of rotatable bonds is 5. The molecule has 2 aromatic heterocycles. The maximum absolute atomic E-state index is 12.3. The van der Waals surface area contributed by atoms with E-state index in [0.29, 0.717) is 23.7 Å². The van der Waals surface area contributed by atoms with E-state index in [-0.39, 0.29) is 12.0 Å². The van der Waals surface area contributed by atoms with Gasteiger partial charge in [-0.1, -0.05) is 0 Å². The summed E-state index contributed by atoms with van der Waals surface area (Å²) in [5, 5.41) is 2.81. The topological polar surface area (TPSA) is 64.4 Å². The van der Waals surface area contributed by atoms with Crippen molar-refractivity contribution in [2.45, 2.75) is 19.1 Å². The van der Waals surface area contributed by atoms with Crippen LogP contribution in [0.2, 0.25) is 0 Å². The van der Waals surface area contributed by atoms with Crippen LogP contribution in [0.25, 0.3) is 0 Å². The number of aromatic nitrogens is 1. The van der Waals surface area contributed by atoms with Crippen molar-refractivity contribution in [3.8, 4) is 5.88 Å². The van der Waals surface area contributed by atoms with Crippen molar-refractivity contribution in [1.29, 1.82) is 0 Å². The van der Waals surface area contributed by atoms with Crippen molar-refractivity contribution in [3.63, 3.8) is 0 Å². The van der Waals surface area contributed by atoms with E-state index in [9.17, 15) is 4.79 Å². The first-order valence-electron chi connectivity index (χ1n) is 6.83. The summed E-state index contributed by atoms with van der Waals surface area (Å²) in [7, 11) is 0. The van der Waals surface area contributed by atoms with Crippen molar-refractivity contribution >= 4 is 17.7 Å². The van der Waals surface area contributed by atoms with Crippen LogP contribution >= 0.6 is 11.8 Å². The summed E-state index contributed by atoms with van der Waals surface area (Å²) in [6.07, 6.45) is 4.36. The minimum absolute atomic E-state index is 0.140. The molecule has 1 unspecified atom stereocenters. The molecular formula is C15H16N2O3S. The summed E-state index contributed by atoms with van der Waals surface area (Å²) in [4.78, 5) is 16.4. The van der Waals surface area contributed by atoms with E-state index in [2.05, 4.69) is 10.3 Å². The van der Waals surface area contributed by atoms with Gasteiger partial charge in [-0.15, -0.1) is 0 Å². The number of amides is 1. The fourth-order valence-corrected chi connectivity index (χ4v) is 3.19. The van der Waals surface area contributed by atoms with E-state index in [1.54, 1.807) is 30.7 Å². The Morgan fingerprint density at radius 1 is 1.48 bits per heavy atom. The van der Waals surface area contributed by atoms with Gasteiger partial charge in [0.15, 0.2) is 0 Å². The smallest absolute Gasteiger partial charge is 0.257 e. The van der Waals surface area contributed by atoms with Gasteiger partial charge in [0.2, 0.25) is 5.88 Å². The van der Waals surface area contributed by atoms with Crippen LogP contribution < -0.4 is 10.1 Å². The maximum Gasteiger partial charge on any atom is 0.257 e. The standard InChI is InChI=1S/C15H16N2O3S/c18-14(17-9-11-3-2-7-19-11)13-4-1-6-16-15(13)20-12-5-8-21-10-12/h1-4,6-7,12H,5,8-10H2,(H,17,18). The summed E-state index contributed by atoms with van der Waals surface area (Å²) in [5.41, 5.74) is 0.459. The van der Waals surface area contributed by atoms with E-state index in [1.807, 2.05) is 17.8 Å². The van der Waals surface area contributed by atoms with Crippen LogP contribution in [0, 0.1) is 0 Å². The largest absolute Gasteiger partial charge is 0.473 e. The average Bonchev–Trinajstić information content (AvgIpc) is 3.18. The quantitative estimate of drug-likeness (QED) is 0.919. The van der Waals surface area contributed by atoms with Crippen LogP contribution in [0.3, 0.4) is 0 Å². The lowest BCUT2D eigenvalue weighted by Gasteiger charge is -2.14.